The molecule has 0 aliphatic carbocycles. The summed E-state index contributed by atoms with van der Waals surface area (Å²) in [4.78, 5) is 14.3. The molecule has 0 heterocycles. The highest BCUT2D eigenvalue weighted by Crippen LogP contribution is 2.39. The number of halogens is 2. The Morgan fingerprint density at radius 1 is 1.04 bits per heavy atom. The molecule has 7 heteroatoms. The topological polar surface area (TPSA) is 48.0 Å². The Kier molecular flexibility index (Phi) is 6.76. The van der Waals surface area contributed by atoms with Gasteiger partial charge in [0.25, 0.3) is 0 Å². The van der Waals surface area contributed by atoms with Crippen LogP contribution in [0.4, 0.5) is 14.5 Å². The second-order valence-electron chi connectivity index (χ2n) is 5.77. The van der Waals surface area contributed by atoms with Crippen molar-refractivity contribution in [1.29, 1.82) is 0 Å². The van der Waals surface area contributed by atoms with Gasteiger partial charge in [0, 0.05) is 25.3 Å². The molecule has 0 aliphatic heterocycles. The predicted molar refractivity (Wildman–Crippen MR) is 100 cm³/mol. The van der Waals surface area contributed by atoms with E-state index in [0.29, 0.717) is 11.1 Å². The van der Waals surface area contributed by atoms with Crippen molar-refractivity contribution in [3.05, 3.63) is 53.6 Å². The van der Waals surface area contributed by atoms with Crippen LogP contribution in [0.2, 0.25) is 0 Å². The van der Waals surface area contributed by atoms with Crippen LogP contribution in [0, 0.1) is 0 Å². The lowest BCUT2D eigenvalue weighted by atomic mass is 10.1. The number of nitrogens with zero attached hydrogens (tertiary/aromatic N) is 1. The van der Waals surface area contributed by atoms with Crippen LogP contribution >= 0.6 is 0 Å². The van der Waals surface area contributed by atoms with Crippen molar-refractivity contribution in [2.45, 2.75) is 6.61 Å². The van der Waals surface area contributed by atoms with Crippen molar-refractivity contribution < 1.29 is 27.8 Å². The molecule has 0 amide bonds. The summed E-state index contributed by atoms with van der Waals surface area (Å²) in [7, 11) is 6.49. The fourth-order valence-electron chi connectivity index (χ4n) is 2.39. The van der Waals surface area contributed by atoms with Crippen molar-refractivity contribution >= 4 is 17.5 Å². The average molecular weight is 377 g/mol. The van der Waals surface area contributed by atoms with Gasteiger partial charge in [-0.1, -0.05) is 6.08 Å². The molecule has 0 saturated heterocycles. The monoisotopic (exact) mass is 377 g/mol. The molecule has 0 bridgehead atoms. The number of carbonyl (C=O) groups excluding carboxylic acids is 1. The minimum Gasteiger partial charge on any atom is -0.493 e. The third-order valence-corrected chi connectivity index (χ3v) is 3.79. The fourth-order valence-corrected chi connectivity index (χ4v) is 2.39. The number of carbonyl (C=O) groups is 1. The summed E-state index contributed by atoms with van der Waals surface area (Å²) in [5.74, 6) is -0.224. The molecular weight excluding hydrogens is 356 g/mol. The number of rotatable bonds is 8. The van der Waals surface area contributed by atoms with Gasteiger partial charge >= 0.3 is 6.61 Å². The van der Waals surface area contributed by atoms with Crippen molar-refractivity contribution in [1.82, 2.24) is 0 Å². The number of allylic oxidation sites excluding steroid dienone is 1. The Bertz CT molecular complexity index is 792. The van der Waals surface area contributed by atoms with E-state index in [-0.39, 0.29) is 23.0 Å². The van der Waals surface area contributed by atoms with Crippen molar-refractivity contribution in [2.75, 3.05) is 33.2 Å². The van der Waals surface area contributed by atoms with Crippen LogP contribution in [0.1, 0.15) is 15.9 Å². The molecule has 144 valence electrons. The third kappa shape index (κ3) is 5.20. The Hall–Kier alpha value is -3.09. The second kappa shape index (κ2) is 9.02. The maximum absolute atomic E-state index is 12.6. The molecule has 27 heavy (non-hydrogen) atoms. The molecule has 5 nitrogen and oxygen atoms in total. The van der Waals surface area contributed by atoms with E-state index in [4.69, 9.17) is 9.47 Å². The molecular formula is C20H21F2NO4. The normalized spacial score (nSPS) is 10.9. The molecule has 0 aromatic heterocycles. The van der Waals surface area contributed by atoms with Gasteiger partial charge in [-0.3, -0.25) is 4.79 Å². The molecule has 0 radical (unpaired) electrons. The molecule has 2 aromatic carbocycles. The van der Waals surface area contributed by atoms with Crippen molar-refractivity contribution in [2.24, 2.45) is 0 Å². The highest BCUT2D eigenvalue weighted by Gasteiger charge is 2.17. The number of anilines is 1. The summed E-state index contributed by atoms with van der Waals surface area (Å²) < 4.78 is 39.8. The molecule has 0 saturated carbocycles. The number of hydrogen-bond donors (Lipinski definition) is 0. The van der Waals surface area contributed by atoms with E-state index in [9.17, 15) is 13.6 Å². The van der Waals surface area contributed by atoms with Gasteiger partial charge in [-0.2, -0.15) is 8.78 Å². The smallest absolute Gasteiger partial charge is 0.387 e. The van der Waals surface area contributed by atoms with Gasteiger partial charge in [-0.15, -0.1) is 0 Å². The van der Waals surface area contributed by atoms with Crippen molar-refractivity contribution in [3.8, 4) is 17.2 Å². The zero-order valence-corrected chi connectivity index (χ0v) is 15.5. The van der Waals surface area contributed by atoms with Gasteiger partial charge in [0.2, 0.25) is 5.75 Å². The quantitative estimate of drug-likeness (QED) is 0.508. The van der Waals surface area contributed by atoms with Gasteiger partial charge in [0.15, 0.2) is 17.3 Å². The Labute approximate surface area is 156 Å². The first-order valence-corrected chi connectivity index (χ1v) is 8.06. The van der Waals surface area contributed by atoms with E-state index in [1.807, 2.05) is 31.1 Å². The van der Waals surface area contributed by atoms with Gasteiger partial charge < -0.3 is 19.1 Å². The number of methoxy groups -OCH3 is 2. The minimum atomic E-state index is -3.01. The summed E-state index contributed by atoms with van der Waals surface area (Å²) in [5.41, 5.74) is 2.07. The van der Waals surface area contributed by atoms with Crippen LogP contribution in [-0.2, 0) is 0 Å². The molecule has 0 atom stereocenters. The average Bonchev–Trinajstić information content (AvgIpc) is 2.66. The van der Waals surface area contributed by atoms with Gasteiger partial charge in [-0.05, 0) is 48.0 Å². The number of benzene rings is 2. The fraction of sp³-hybridized carbons (Fsp3) is 0.250. The van der Waals surface area contributed by atoms with Gasteiger partial charge in [0.05, 0.1) is 14.2 Å². The number of ketones is 1. The maximum Gasteiger partial charge on any atom is 0.387 e. The zero-order chi connectivity index (χ0) is 20.0. The molecule has 0 spiro atoms. The van der Waals surface area contributed by atoms with Crippen LogP contribution in [-0.4, -0.2) is 40.7 Å². The van der Waals surface area contributed by atoms with Crippen LogP contribution in [0.15, 0.2) is 42.5 Å². The highest BCUT2D eigenvalue weighted by molar-refractivity contribution is 6.07. The number of alkyl halides is 2. The lowest BCUT2D eigenvalue weighted by molar-refractivity contribution is -0.0526. The van der Waals surface area contributed by atoms with Crippen molar-refractivity contribution in [3.63, 3.8) is 0 Å². The first kappa shape index (κ1) is 20.2. The Morgan fingerprint density at radius 2 is 1.59 bits per heavy atom. The molecule has 0 aliphatic rings. The number of hydrogen-bond acceptors (Lipinski definition) is 5. The summed E-state index contributed by atoms with van der Waals surface area (Å²) in [6, 6.07) is 10.1. The SMILES string of the molecule is COc1cc(C=CC(=O)c2ccc(N(C)C)cc2)cc(OC)c1OC(F)F. The summed E-state index contributed by atoms with van der Waals surface area (Å²) in [5, 5.41) is 0. The predicted octanol–water partition coefficient (Wildman–Crippen LogP) is 4.27. The van der Waals surface area contributed by atoms with Gasteiger partial charge in [0.1, 0.15) is 0 Å². The minimum absolute atomic E-state index is 0.0806. The molecule has 0 fully saturated rings. The third-order valence-electron chi connectivity index (χ3n) is 3.79. The highest BCUT2D eigenvalue weighted by atomic mass is 19.3. The van der Waals surface area contributed by atoms with E-state index in [1.54, 1.807) is 18.2 Å². The zero-order valence-electron chi connectivity index (χ0n) is 15.5. The Balaban J connectivity index is 2.26. The number of ether oxygens (including phenoxy) is 3. The summed E-state index contributed by atoms with van der Waals surface area (Å²) >= 11 is 0. The molecule has 0 N–H and O–H groups in total. The van der Waals surface area contributed by atoms with Crippen LogP contribution in [0.25, 0.3) is 6.08 Å². The molecule has 0 unspecified atom stereocenters. The molecule has 2 aromatic rings. The lowest BCUT2D eigenvalue weighted by Crippen LogP contribution is -2.08. The van der Waals surface area contributed by atoms with Crippen LogP contribution < -0.4 is 19.1 Å². The van der Waals surface area contributed by atoms with E-state index in [2.05, 4.69) is 4.74 Å². The van der Waals surface area contributed by atoms with E-state index < -0.39 is 6.61 Å². The summed E-state index contributed by atoms with van der Waals surface area (Å²) in [6.07, 6.45) is 2.95. The molecule has 2 rings (SSSR count). The van der Waals surface area contributed by atoms with E-state index in [0.717, 1.165) is 5.69 Å². The maximum atomic E-state index is 12.6. The summed E-state index contributed by atoms with van der Waals surface area (Å²) in [6.45, 7) is -3.01. The second-order valence-corrected chi connectivity index (χ2v) is 5.77. The largest absolute Gasteiger partial charge is 0.493 e. The lowest BCUT2D eigenvalue weighted by Gasteiger charge is -2.14. The van der Waals surface area contributed by atoms with Crippen LogP contribution in [0.3, 0.4) is 0 Å². The standard InChI is InChI=1S/C20H21F2NO4/c1-23(2)15-8-6-14(7-9-15)16(24)10-5-13-11-17(25-3)19(27-20(21)22)18(12-13)26-4/h5-12,20H,1-4H3. The van der Waals surface area contributed by atoms with E-state index in [1.165, 1.54) is 32.4 Å². The first-order chi connectivity index (χ1) is 12.8. The van der Waals surface area contributed by atoms with E-state index >= 15 is 0 Å². The van der Waals surface area contributed by atoms with Gasteiger partial charge in [-0.25, -0.2) is 0 Å². The first-order valence-electron chi connectivity index (χ1n) is 8.06. The Morgan fingerprint density at radius 3 is 2.04 bits per heavy atom. The van der Waals surface area contributed by atoms with Crippen LogP contribution in [0.5, 0.6) is 17.2 Å².